The summed E-state index contributed by atoms with van der Waals surface area (Å²) in [7, 11) is 1.62. The summed E-state index contributed by atoms with van der Waals surface area (Å²) < 4.78 is 9.43. The lowest BCUT2D eigenvalue weighted by Gasteiger charge is -2.40. The first kappa shape index (κ1) is 26.9. The van der Waals surface area contributed by atoms with E-state index in [4.69, 9.17) is 16.3 Å². The van der Waals surface area contributed by atoms with Crippen molar-refractivity contribution in [1.29, 1.82) is 0 Å². The van der Waals surface area contributed by atoms with E-state index >= 15 is 0 Å². The second kappa shape index (κ2) is 10.7. The number of benzene rings is 3. The van der Waals surface area contributed by atoms with Crippen LogP contribution in [-0.4, -0.2) is 37.3 Å². The predicted molar refractivity (Wildman–Crippen MR) is 167 cm³/mol. The van der Waals surface area contributed by atoms with Gasteiger partial charge in [0.2, 0.25) is 5.88 Å². The van der Waals surface area contributed by atoms with E-state index in [1.54, 1.807) is 36.5 Å². The van der Waals surface area contributed by atoms with Crippen molar-refractivity contribution in [3.8, 4) is 22.7 Å². The average Bonchev–Trinajstić information content (AvgIpc) is 3.68. The van der Waals surface area contributed by atoms with Crippen molar-refractivity contribution in [2.45, 2.75) is 31.8 Å². The Morgan fingerprint density at radius 1 is 1.00 bits per heavy atom. The molecule has 1 N–H and O–H groups in total. The van der Waals surface area contributed by atoms with Gasteiger partial charge in [-0.1, -0.05) is 53.6 Å². The number of nitrogens with one attached hydrogen (secondary N) is 1. The van der Waals surface area contributed by atoms with Gasteiger partial charge in [0.05, 0.1) is 29.8 Å². The number of methoxy groups -OCH3 is 1. The zero-order valence-electron chi connectivity index (χ0n) is 23.8. The van der Waals surface area contributed by atoms with Gasteiger partial charge in [-0.05, 0) is 61.7 Å². The van der Waals surface area contributed by atoms with Gasteiger partial charge in [-0.3, -0.25) is 9.36 Å². The number of halogens is 1. The summed E-state index contributed by atoms with van der Waals surface area (Å²) in [5.74, 6) is 0.357. The van der Waals surface area contributed by atoms with Crippen LogP contribution in [0, 0.1) is 6.92 Å². The molecule has 0 spiro atoms. The number of ether oxygens (including phenoxy) is 1. The van der Waals surface area contributed by atoms with Crippen LogP contribution >= 0.6 is 11.6 Å². The highest BCUT2D eigenvalue weighted by atomic mass is 35.5. The predicted octanol–water partition coefficient (Wildman–Crippen LogP) is 6.53. The number of rotatable bonds is 6. The van der Waals surface area contributed by atoms with E-state index in [9.17, 15) is 4.79 Å². The molecule has 9 heteroatoms. The summed E-state index contributed by atoms with van der Waals surface area (Å²) in [5, 5.41) is 12.7. The third-order valence-electron chi connectivity index (χ3n) is 8.37. The number of carbonyl (C=O) groups excluding carboxylic acids is 1. The Labute approximate surface area is 253 Å². The fourth-order valence-corrected chi connectivity index (χ4v) is 6.51. The number of aromatic nitrogens is 5. The van der Waals surface area contributed by atoms with Crippen LogP contribution < -0.4 is 10.1 Å². The molecule has 0 radical (unpaired) electrons. The van der Waals surface area contributed by atoms with Gasteiger partial charge in [0.1, 0.15) is 12.7 Å². The van der Waals surface area contributed by atoms with Crippen LogP contribution in [0.25, 0.3) is 27.7 Å². The molecule has 3 aromatic heterocycles. The van der Waals surface area contributed by atoms with E-state index in [0.29, 0.717) is 29.4 Å². The molecule has 1 aliphatic heterocycles. The summed E-state index contributed by atoms with van der Waals surface area (Å²) in [4.78, 5) is 18.5. The maximum absolute atomic E-state index is 14.0. The van der Waals surface area contributed by atoms with Crippen LogP contribution in [-0.2, 0) is 18.5 Å². The summed E-state index contributed by atoms with van der Waals surface area (Å²) in [5.41, 5.74) is 7.34. The smallest absolute Gasteiger partial charge is 0.253 e. The molecule has 1 atom stereocenters. The minimum absolute atomic E-state index is 0.223. The Kier molecular flexibility index (Phi) is 6.70. The molecule has 6 aromatic rings. The van der Waals surface area contributed by atoms with E-state index in [1.165, 1.54) is 22.2 Å². The molecule has 7 rings (SSSR count). The highest BCUT2D eigenvalue weighted by molar-refractivity contribution is 6.34. The minimum atomic E-state index is -0.659. The molecule has 0 saturated heterocycles. The highest BCUT2D eigenvalue weighted by Gasteiger charge is 2.40. The largest absolute Gasteiger partial charge is 0.481 e. The Morgan fingerprint density at radius 2 is 1.81 bits per heavy atom. The topological polar surface area (TPSA) is 86.9 Å². The Hall–Kier alpha value is -4.95. The van der Waals surface area contributed by atoms with Crippen molar-refractivity contribution in [3.05, 3.63) is 125 Å². The molecule has 0 bridgehead atoms. The van der Waals surface area contributed by atoms with Gasteiger partial charge in [-0.25, -0.2) is 4.98 Å². The standard InChI is InChI=1S/C34H29ClN6O2/c1-22-8-12-29-27(16-22)32(23-9-13-31(43-2)36-18-23)30-14-15-34(19-41(29)30,24-6-4-3-5-7-24)39-33(42)26-11-10-25(17-28(26)35)40-20-37-38-21-40/h3-13,16-18,20-21H,14-15,19H2,1-2H3,(H,39,42)/t34-/m1/s1. The van der Waals surface area contributed by atoms with Crippen molar-refractivity contribution < 1.29 is 9.53 Å². The number of carbonyl (C=O) groups is 1. The van der Waals surface area contributed by atoms with E-state index in [2.05, 4.69) is 68.4 Å². The molecular formula is C34H29ClN6O2. The normalized spacial score (nSPS) is 16.2. The van der Waals surface area contributed by atoms with Crippen LogP contribution in [0.5, 0.6) is 5.88 Å². The minimum Gasteiger partial charge on any atom is -0.481 e. The first-order chi connectivity index (χ1) is 21.0. The second-order valence-corrected chi connectivity index (χ2v) is 11.4. The SMILES string of the molecule is COc1ccc(-c2c3n(c4ccc(C)cc24)C[C@@](NC(=O)c2ccc(-n4cnnc4)cc2Cl)(c2ccccc2)CC3)cn1. The molecule has 0 fully saturated rings. The van der Waals surface area contributed by atoms with E-state index in [-0.39, 0.29) is 5.91 Å². The fraction of sp³-hybridized carbons (Fsp3) is 0.176. The summed E-state index contributed by atoms with van der Waals surface area (Å²) in [6, 6.07) is 26.1. The van der Waals surface area contributed by atoms with Crippen LogP contribution in [0.2, 0.25) is 5.02 Å². The van der Waals surface area contributed by atoms with Crippen molar-refractivity contribution in [3.63, 3.8) is 0 Å². The first-order valence-corrected chi connectivity index (χ1v) is 14.5. The van der Waals surface area contributed by atoms with Crippen molar-refractivity contribution in [2.24, 2.45) is 0 Å². The van der Waals surface area contributed by atoms with Crippen molar-refractivity contribution in [2.75, 3.05) is 7.11 Å². The number of hydrogen-bond acceptors (Lipinski definition) is 5. The van der Waals surface area contributed by atoms with Crippen LogP contribution in [0.1, 0.15) is 33.6 Å². The summed E-state index contributed by atoms with van der Waals surface area (Å²) >= 11 is 6.68. The van der Waals surface area contributed by atoms with Gasteiger partial charge in [0.25, 0.3) is 5.91 Å². The third kappa shape index (κ3) is 4.73. The molecule has 0 unspecified atom stereocenters. The third-order valence-corrected chi connectivity index (χ3v) is 8.68. The van der Waals surface area contributed by atoms with E-state index in [0.717, 1.165) is 28.8 Å². The number of nitrogens with zero attached hydrogens (tertiary/aromatic N) is 5. The zero-order valence-corrected chi connectivity index (χ0v) is 24.5. The van der Waals surface area contributed by atoms with Gasteiger partial charge in [-0.15, -0.1) is 10.2 Å². The molecule has 1 aliphatic rings. The Bertz CT molecular complexity index is 1950. The Balaban J connectivity index is 1.32. The van der Waals surface area contributed by atoms with Crippen LogP contribution in [0.15, 0.2) is 97.7 Å². The van der Waals surface area contributed by atoms with Gasteiger partial charge < -0.3 is 14.6 Å². The lowest BCUT2D eigenvalue weighted by Crippen LogP contribution is -2.51. The summed E-state index contributed by atoms with van der Waals surface area (Å²) in [6.45, 7) is 2.68. The van der Waals surface area contributed by atoms with Gasteiger partial charge >= 0.3 is 0 Å². The molecule has 8 nitrogen and oxygen atoms in total. The van der Waals surface area contributed by atoms with Gasteiger partial charge in [-0.2, -0.15) is 0 Å². The highest BCUT2D eigenvalue weighted by Crippen LogP contribution is 2.43. The molecule has 3 aromatic carbocycles. The number of pyridine rings is 1. The van der Waals surface area contributed by atoms with Crippen LogP contribution in [0.3, 0.4) is 0 Å². The van der Waals surface area contributed by atoms with E-state index < -0.39 is 5.54 Å². The number of fused-ring (bicyclic) bond motifs is 3. The van der Waals surface area contributed by atoms with Crippen molar-refractivity contribution >= 4 is 28.4 Å². The molecule has 214 valence electrons. The molecular weight excluding hydrogens is 560 g/mol. The fourth-order valence-electron chi connectivity index (χ4n) is 6.25. The molecule has 1 amide bonds. The van der Waals surface area contributed by atoms with Crippen LogP contribution in [0.4, 0.5) is 0 Å². The molecule has 4 heterocycles. The van der Waals surface area contributed by atoms with Gasteiger partial charge in [0.15, 0.2) is 0 Å². The lowest BCUT2D eigenvalue weighted by molar-refractivity contribution is 0.0868. The number of amides is 1. The van der Waals surface area contributed by atoms with Gasteiger partial charge in [0, 0.05) is 45.7 Å². The maximum atomic E-state index is 14.0. The quantitative estimate of drug-likeness (QED) is 0.239. The summed E-state index contributed by atoms with van der Waals surface area (Å²) in [6.07, 6.45) is 6.53. The van der Waals surface area contributed by atoms with E-state index in [1.807, 2.05) is 36.5 Å². The van der Waals surface area contributed by atoms with Crippen molar-refractivity contribution in [1.82, 2.24) is 29.6 Å². The molecule has 0 saturated carbocycles. The lowest BCUT2D eigenvalue weighted by atomic mass is 9.81. The molecule has 43 heavy (non-hydrogen) atoms. The average molecular weight is 589 g/mol. The second-order valence-electron chi connectivity index (χ2n) is 11.0. The number of hydrogen-bond donors (Lipinski definition) is 1. The monoisotopic (exact) mass is 588 g/mol. The first-order valence-electron chi connectivity index (χ1n) is 14.1. The molecule has 0 aliphatic carbocycles. The maximum Gasteiger partial charge on any atom is 0.253 e. The number of aryl methyl sites for hydroxylation is 1. The zero-order chi connectivity index (χ0) is 29.6. The Morgan fingerprint density at radius 3 is 2.53 bits per heavy atom.